The zero-order chi connectivity index (χ0) is 17.4. The zero-order valence-corrected chi connectivity index (χ0v) is 14.9. The molecule has 0 spiro atoms. The van der Waals surface area contributed by atoms with Gasteiger partial charge in [0.05, 0.1) is 30.6 Å². The maximum absolute atomic E-state index is 5.54. The van der Waals surface area contributed by atoms with Gasteiger partial charge in [0.2, 0.25) is 0 Å². The molecule has 1 atom stereocenters. The third kappa shape index (κ3) is 2.53. The van der Waals surface area contributed by atoms with Crippen LogP contribution in [-0.2, 0) is 6.42 Å². The summed E-state index contributed by atoms with van der Waals surface area (Å²) in [7, 11) is 1.70. The molecule has 0 amide bonds. The Morgan fingerprint density at radius 3 is 2.44 bits per heavy atom. The Morgan fingerprint density at radius 2 is 1.72 bits per heavy atom. The SMILES string of the molecule is CCOc1ccc(C2=NN=C3c4cc(OC)ccc4CCC23C)cc1. The van der Waals surface area contributed by atoms with Crippen molar-refractivity contribution in [3.8, 4) is 11.5 Å². The number of nitrogens with zero attached hydrogens (tertiary/aromatic N) is 2. The zero-order valence-electron chi connectivity index (χ0n) is 14.9. The maximum Gasteiger partial charge on any atom is 0.119 e. The van der Waals surface area contributed by atoms with Crippen molar-refractivity contribution in [1.29, 1.82) is 0 Å². The van der Waals surface area contributed by atoms with Gasteiger partial charge in [-0.2, -0.15) is 10.2 Å². The fraction of sp³-hybridized carbons (Fsp3) is 0.333. The van der Waals surface area contributed by atoms with Crippen molar-refractivity contribution in [1.82, 2.24) is 0 Å². The molecule has 4 heteroatoms. The molecule has 0 saturated carbocycles. The summed E-state index contributed by atoms with van der Waals surface area (Å²) in [6.45, 7) is 4.91. The van der Waals surface area contributed by atoms with Crippen molar-refractivity contribution >= 4 is 11.4 Å². The minimum atomic E-state index is -0.160. The van der Waals surface area contributed by atoms with E-state index in [9.17, 15) is 0 Å². The minimum absolute atomic E-state index is 0.160. The number of methoxy groups -OCH3 is 1. The first kappa shape index (κ1) is 15.9. The molecule has 2 aromatic carbocycles. The lowest BCUT2D eigenvalue weighted by Gasteiger charge is -2.33. The Bertz CT molecular complexity index is 868. The van der Waals surface area contributed by atoms with E-state index >= 15 is 0 Å². The predicted octanol–water partition coefficient (Wildman–Crippen LogP) is 4.25. The highest BCUT2D eigenvalue weighted by Crippen LogP contribution is 2.43. The highest BCUT2D eigenvalue weighted by atomic mass is 16.5. The van der Waals surface area contributed by atoms with Gasteiger partial charge >= 0.3 is 0 Å². The highest BCUT2D eigenvalue weighted by molar-refractivity contribution is 6.26. The lowest BCUT2D eigenvalue weighted by molar-refractivity contribution is 0.340. The van der Waals surface area contributed by atoms with Gasteiger partial charge in [0.15, 0.2) is 0 Å². The summed E-state index contributed by atoms with van der Waals surface area (Å²) >= 11 is 0. The smallest absolute Gasteiger partial charge is 0.119 e. The van der Waals surface area contributed by atoms with Gasteiger partial charge in [0.25, 0.3) is 0 Å². The van der Waals surface area contributed by atoms with Crippen molar-refractivity contribution in [3.05, 3.63) is 59.2 Å². The summed E-state index contributed by atoms with van der Waals surface area (Å²) < 4.78 is 10.9. The monoisotopic (exact) mass is 334 g/mol. The number of rotatable bonds is 4. The first-order valence-corrected chi connectivity index (χ1v) is 8.73. The number of fused-ring (bicyclic) bond motifs is 3. The molecule has 0 bridgehead atoms. The molecule has 0 saturated heterocycles. The molecule has 2 aromatic rings. The number of hydrogen-bond acceptors (Lipinski definition) is 4. The van der Waals surface area contributed by atoms with Crippen molar-refractivity contribution in [2.24, 2.45) is 15.6 Å². The summed E-state index contributed by atoms with van der Waals surface area (Å²) in [5.41, 5.74) is 5.52. The van der Waals surface area contributed by atoms with Crippen LogP contribution in [-0.4, -0.2) is 25.1 Å². The lowest BCUT2D eigenvalue weighted by atomic mass is 9.67. The van der Waals surface area contributed by atoms with Gasteiger partial charge in [-0.25, -0.2) is 0 Å². The van der Waals surface area contributed by atoms with Crippen LogP contribution in [0.4, 0.5) is 0 Å². The van der Waals surface area contributed by atoms with Crippen LogP contribution in [0.25, 0.3) is 0 Å². The second-order valence-electron chi connectivity index (χ2n) is 6.71. The van der Waals surface area contributed by atoms with Gasteiger partial charge in [-0.05, 0) is 74.2 Å². The van der Waals surface area contributed by atoms with E-state index in [0.29, 0.717) is 6.61 Å². The van der Waals surface area contributed by atoms with Gasteiger partial charge in [-0.15, -0.1) is 0 Å². The minimum Gasteiger partial charge on any atom is -0.497 e. The van der Waals surface area contributed by atoms with E-state index in [0.717, 1.165) is 46.9 Å². The molecule has 25 heavy (non-hydrogen) atoms. The molecule has 1 unspecified atom stereocenters. The Kier molecular flexibility index (Phi) is 3.83. The molecule has 128 valence electrons. The second-order valence-corrected chi connectivity index (χ2v) is 6.71. The molecule has 1 heterocycles. The third-order valence-corrected chi connectivity index (χ3v) is 5.20. The number of benzene rings is 2. The van der Waals surface area contributed by atoms with E-state index in [-0.39, 0.29) is 5.41 Å². The molecule has 0 aromatic heterocycles. The van der Waals surface area contributed by atoms with Crippen molar-refractivity contribution in [3.63, 3.8) is 0 Å². The van der Waals surface area contributed by atoms with Gasteiger partial charge < -0.3 is 9.47 Å². The summed E-state index contributed by atoms with van der Waals surface area (Å²) in [6.07, 6.45) is 2.03. The van der Waals surface area contributed by atoms with Crippen LogP contribution < -0.4 is 9.47 Å². The van der Waals surface area contributed by atoms with E-state index in [4.69, 9.17) is 9.47 Å². The maximum atomic E-state index is 5.54. The average molecular weight is 334 g/mol. The molecule has 4 nitrogen and oxygen atoms in total. The summed E-state index contributed by atoms with van der Waals surface area (Å²) in [5.74, 6) is 1.75. The van der Waals surface area contributed by atoms with E-state index in [1.165, 1.54) is 5.56 Å². The fourth-order valence-electron chi connectivity index (χ4n) is 3.78. The third-order valence-electron chi connectivity index (χ3n) is 5.20. The average Bonchev–Trinajstić information content (AvgIpc) is 3.00. The van der Waals surface area contributed by atoms with Crippen LogP contribution in [0, 0.1) is 5.41 Å². The number of aryl methyl sites for hydroxylation is 1. The summed E-state index contributed by atoms with van der Waals surface area (Å²) in [5, 5.41) is 9.16. The normalized spacial score (nSPS) is 21.1. The molecule has 0 N–H and O–H groups in total. The quantitative estimate of drug-likeness (QED) is 0.839. The number of ether oxygens (including phenoxy) is 2. The van der Waals surface area contributed by atoms with Crippen LogP contribution in [0.2, 0.25) is 0 Å². The lowest BCUT2D eigenvalue weighted by Crippen LogP contribution is -2.38. The van der Waals surface area contributed by atoms with Crippen molar-refractivity contribution < 1.29 is 9.47 Å². The van der Waals surface area contributed by atoms with E-state index < -0.39 is 0 Å². The first-order valence-electron chi connectivity index (χ1n) is 8.73. The van der Waals surface area contributed by atoms with Crippen LogP contribution in [0.1, 0.15) is 37.0 Å². The Balaban J connectivity index is 1.69. The molecular formula is C21H22N2O2. The molecular weight excluding hydrogens is 312 g/mol. The van der Waals surface area contributed by atoms with Gasteiger partial charge in [0, 0.05) is 5.56 Å². The fourth-order valence-corrected chi connectivity index (χ4v) is 3.78. The molecule has 2 aliphatic rings. The standard InChI is InChI=1S/C21H22N2O2/c1-4-25-16-8-6-15(7-9-16)19-21(2)12-11-14-5-10-17(24-3)13-18(14)20(21)23-22-19/h5-10,13H,4,11-12H2,1-3H3. The van der Waals surface area contributed by atoms with Crippen LogP contribution in [0.15, 0.2) is 52.7 Å². The van der Waals surface area contributed by atoms with Crippen molar-refractivity contribution in [2.75, 3.05) is 13.7 Å². The predicted molar refractivity (Wildman–Crippen MR) is 100 cm³/mol. The molecule has 1 aliphatic heterocycles. The summed E-state index contributed by atoms with van der Waals surface area (Å²) in [6, 6.07) is 14.4. The van der Waals surface area contributed by atoms with Crippen LogP contribution in [0.5, 0.6) is 11.5 Å². The van der Waals surface area contributed by atoms with E-state index in [2.05, 4.69) is 41.4 Å². The largest absolute Gasteiger partial charge is 0.497 e. The Morgan fingerprint density at radius 1 is 1.00 bits per heavy atom. The van der Waals surface area contributed by atoms with Crippen molar-refractivity contribution in [2.45, 2.75) is 26.7 Å². The molecule has 1 aliphatic carbocycles. The number of hydrogen-bond donors (Lipinski definition) is 0. The topological polar surface area (TPSA) is 43.2 Å². The van der Waals surface area contributed by atoms with Crippen LogP contribution in [0.3, 0.4) is 0 Å². The first-order chi connectivity index (χ1) is 12.2. The van der Waals surface area contributed by atoms with Crippen LogP contribution >= 0.6 is 0 Å². The van der Waals surface area contributed by atoms with Gasteiger partial charge in [0.1, 0.15) is 11.5 Å². The van der Waals surface area contributed by atoms with E-state index in [1.54, 1.807) is 7.11 Å². The molecule has 0 radical (unpaired) electrons. The summed E-state index contributed by atoms with van der Waals surface area (Å²) in [4.78, 5) is 0. The molecule has 4 rings (SSSR count). The van der Waals surface area contributed by atoms with E-state index in [1.807, 2.05) is 25.1 Å². The Labute approximate surface area is 148 Å². The Hall–Kier alpha value is -2.62. The highest BCUT2D eigenvalue weighted by Gasteiger charge is 2.44. The second kappa shape index (κ2) is 6.03. The molecule has 0 fully saturated rings. The van der Waals surface area contributed by atoms with Gasteiger partial charge in [-0.3, -0.25) is 0 Å². The van der Waals surface area contributed by atoms with Gasteiger partial charge in [-0.1, -0.05) is 6.07 Å².